The zero-order valence-corrected chi connectivity index (χ0v) is 14.2. The van der Waals surface area contributed by atoms with Gasteiger partial charge >= 0.3 is 5.97 Å². The molecule has 1 aromatic carbocycles. The molecule has 2 amide bonds. The Kier molecular flexibility index (Phi) is 5.65. The maximum atomic E-state index is 12.1. The zero-order valence-electron chi connectivity index (χ0n) is 13.4. The molecule has 0 fully saturated rings. The van der Waals surface area contributed by atoms with Gasteiger partial charge < -0.3 is 15.0 Å². The molecule has 124 valence electrons. The first kappa shape index (κ1) is 17.3. The number of thioether (sulfide) groups is 1. The number of nitrogens with zero attached hydrogens (tertiary/aromatic N) is 1. The summed E-state index contributed by atoms with van der Waals surface area (Å²) in [6, 6.07) is 5.00. The molecule has 1 aliphatic rings. The standard InChI is InChI=1S/C16H20N2O4S/c1-4-18(5-2)14(19)9-22-16(21)11-6-7-13-12(8-11)17-15(20)10(3)23-13/h6-8,10H,4-5,9H2,1-3H3,(H,17,20)/t10-/m1/s1. The lowest BCUT2D eigenvalue weighted by molar-refractivity contribution is -0.134. The highest BCUT2D eigenvalue weighted by molar-refractivity contribution is 8.00. The van der Waals surface area contributed by atoms with E-state index in [1.54, 1.807) is 23.1 Å². The van der Waals surface area contributed by atoms with E-state index in [0.717, 1.165) is 4.90 Å². The minimum Gasteiger partial charge on any atom is -0.452 e. The number of rotatable bonds is 5. The minimum atomic E-state index is -0.578. The van der Waals surface area contributed by atoms with Crippen molar-refractivity contribution in [1.29, 1.82) is 0 Å². The van der Waals surface area contributed by atoms with Crippen molar-refractivity contribution in [3.05, 3.63) is 23.8 Å². The number of anilines is 1. The smallest absolute Gasteiger partial charge is 0.338 e. The van der Waals surface area contributed by atoms with E-state index in [-0.39, 0.29) is 23.7 Å². The second-order valence-corrected chi connectivity index (χ2v) is 6.49. The lowest BCUT2D eigenvalue weighted by atomic mass is 10.2. The molecule has 0 unspecified atom stereocenters. The van der Waals surface area contributed by atoms with Crippen LogP contribution in [0.15, 0.2) is 23.1 Å². The normalized spacial score (nSPS) is 16.3. The van der Waals surface area contributed by atoms with Crippen LogP contribution in [0.4, 0.5) is 5.69 Å². The summed E-state index contributed by atoms with van der Waals surface area (Å²) in [7, 11) is 0. The number of ether oxygens (including phenoxy) is 1. The molecule has 0 aromatic heterocycles. The summed E-state index contributed by atoms with van der Waals surface area (Å²) >= 11 is 1.44. The van der Waals surface area contributed by atoms with E-state index in [2.05, 4.69) is 5.32 Å². The molecule has 1 N–H and O–H groups in total. The van der Waals surface area contributed by atoms with E-state index >= 15 is 0 Å². The van der Waals surface area contributed by atoms with Crippen LogP contribution in [-0.2, 0) is 14.3 Å². The molecule has 0 aliphatic carbocycles. The molecule has 0 radical (unpaired) electrons. The van der Waals surface area contributed by atoms with Crippen LogP contribution in [0, 0.1) is 0 Å². The molecule has 0 spiro atoms. The molecule has 23 heavy (non-hydrogen) atoms. The van der Waals surface area contributed by atoms with E-state index in [1.165, 1.54) is 11.8 Å². The van der Waals surface area contributed by atoms with Crippen molar-refractivity contribution in [3.8, 4) is 0 Å². The number of benzene rings is 1. The van der Waals surface area contributed by atoms with Crippen LogP contribution in [0.1, 0.15) is 31.1 Å². The summed E-state index contributed by atoms with van der Waals surface area (Å²) in [5, 5.41) is 2.60. The van der Waals surface area contributed by atoms with Crippen molar-refractivity contribution in [2.75, 3.05) is 25.0 Å². The van der Waals surface area contributed by atoms with E-state index in [0.29, 0.717) is 24.3 Å². The molecule has 6 nitrogen and oxygen atoms in total. The SMILES string of the molecule is CCN(CC)C(=O)COC(=O)c1ccc2c(c1)NC(=O)[C@@H](C)S2. The lowest BCUT2D eigenvalue weighted by Gasteiger charge is -2.21. The third kappa shape index (κ3) is 4.04. The van der Waals surface area contributed by atoms with Crippen LogP contribution in [0.2, 0.25) is 0 Å². The first-order valence-electron chi connectivity index (χ1n) is 7.52. The van der Waals surface area contributed by atoms with Gasteiger partial charge in [-0.2, -0.15) is 0 Å². The first-order valence-corrected chi connectivity index (χ1v) is 8.40. The molecule has 0 bridgehead atoms. The number of esters is 1. The van der Waals surface area contributed by atoms with Gasteiger partial charge in [0.2, 0.25) is 5.91 Å². The van der Waals surface area contributed by atoms with Crippen LogP contribution in [0.3, 0.4) is 0 Å². The fourth-order valence-electron chi connectivity index (χ4n) is 2.21. The quantitative estimate of drug-likeness (QED) is 0.834. The van der Waals surface area contributed by atoms with Crippen molar-refractivity contribution in [3.63, 3.8) is 0 Å². The number of hydrogen-bond donors (Lipinski definition) is 1. The molecule has 7 heteroatoms. The number of carbonyl (C=O) groups is 3. The third-order valence-corrected chi connectivity index (χ3v) is 4.77. The summed E-state index contributed by atoms with van der Waals surface area (Å²) in [6.07, 6.45) is 0. The lowest BCUT2D eigenvalue weighted by Crippen LogP contribution is -2.34. The highest BCUT2D eigenvalue weighted by Crippen LogP contribution is 2.35. The second kappa shape index (κ2) is 7.50. The van der Waals surface area contributed by atoms with Gasteiger partial charge in [-0.1, -0.05) is 0 Å². The van der Waals surface area contributed by atoms with Gasteiger partial charge in [0.1, 0.15) is 0 Å². The molecule has 1 aromatic rings. The Morgan fingerprint density at radius 3 is 2.65 bits per heavy atom. The highest BCUT2D eigenvalue weighted by atomic mass is 32.2. The zero-order chi connectivity index (χ0) is 17.0. The van der Waals surface area contributed by atoms with Crippen molar-refractivity contribution < 1.29 is 19.1 Å². The molecule has 1 atom stereocenters. The van der Waals surface area contributed by atoms with E-state index in [1.807, 2.05) is 20.8 Å². The van der Waals surface area contributed by atoms with Crippen LogP contribution in [0.5, 0.6) is 0 Å². The largest absolute Gasteiger partial charge is 0.452 e. The minimum absolute atomic E-state index is 0.0928. The Bertz CT molecular complexity index is 629. The van der Waals surface area contributed by atoms with Crippen molar-refractivity contribution in [1.82, 2.24) is 4.90 Å². The predicted molar refractivity (Wildman–Crippen MR) is 88.6 cm³/mol. The van der Waals surface area contributed by atoms with Gasteiger partial charge in [0.25, 0.3) is 5.91 Å². The topological polar surface area (TPSA) is 75.7 Å². The first-order chi connectivity index (χ1) is 11.0. The number of hydrogen-bond acceptors (Lipinski definition) is 5. The van der Waals surface area contributed by atoms with E-state index < -0.39 is 5.97 Å². The Morgan fingerprint density at radius 2 is 2.00 bits per heavy atom. The maximum absolute atomic E-state index is 12.1. The Hall–Kier alpha value is -2.02. The van der Waals surface area contributed by atoms with E-state index in [9.17, 15) is 14.4 Å². The van der Waals surface area contributed by atoms with Crippen LogP contribution >= 0.6 is 11.8 Å². The highest BCUT2D eigenvalue weighted by Gasteiger charge is 2.24. The third-order valence-electron chi connectivity index (χ3n) is 3.59. The van der Waals surface area contributed by atoms with Crippen molar-refractivity contribution in [2.24, 2.45) is 0 Å². The van der Waals surface area contributed by atoms with Crippen LogP contribution in [-0.4, -0.2) is 47.6 Å². The molecular weight excluding hydrogens is 316 g/mol. The number of fused-ring (bicyclic) bond motifs is 1. The van der Waals surface area contributed by atoms with Crippen LogP contribution < -0.4 is 5.32 Å². The van der Waals surface area contributed by atoms with Crippen molar-refractivity contribution in [2.45, 2.75) is 30.9 Å². The van der Waals surface area contributed by atoms with E-state index in [4.69, 9.17) is 4.74 Å². The summed E-state index contributed by atoms with van der Waals surface area (Å²) in [4.78, 5) is 38.1. The maximum Gasteiger partial charge on any atom is 0.338 e. The fourth-order valence-corrected chi connectivity index (χ4v) is 3.14. The molecular formula is C16H20N2O4S. The predicted octanol–water partition coefficient (Wildman–Crippen LogP) is 2.14. The second-order valence-electron chi connectivity index (χ2n) is 5.10. The van der Waals surface area contributed by atoms with Gasteiger partial charge in [-0.15, -0.1) is 11.8 Å². The van der Waals surface area contributed by atoms with Gasteiger partial charge in [0, 0.05) is 18.0 Å². The number of amides is 2. The summed E-state index contributed by atoms with van der Waals surface area (Å²) < 4.78 is 5.06. The van der Waals surface area contributed by atoms with Gasteiger partial charge in [-0.3, -0.25) is 9.59 Å². The van der Waals surface area contributed by atoms with Gasteiger partial charge in [0.05, 0.1) is 16.5 Å². The summed E-state index contributed by atoms with van der Waals surface area (Å²) in [5.74, 6) is -0.894. The monoisotopic (exact) mass is 336 g/mol. The molecule has 2 rings (SSSR count). The molecule has 0 saturated carbocycles. The Morgan fingerprint density at radius 1 is 1.30 bits per heavy atom. The summed E-state index contributed by atoms with van der Waals surface area (Å²) in [6.45, 7) is 6.43. The average molecular weight is 336 g/mol. The Balaban J connectivity index is 2.02. The fraction of sp³-hybridized carbons (Fsp3) is 0.438. The van der Waals surface area contributed by atoms with Gasteiger partial charge in [-0.25, -0.2) is 4.79 Å². The number of likely N-dealkylation sites (N-methyl/N-ethyl adjacent to an activating group) is 1. The average Bonchev–Trinajstić information content (AvgIpc) is 2.54. The molecule has 1 aliphatic heterocycles. The van der Waals surface area contributed by atoms with Crippen molar-refractivity contribution >= 4 is 35.2 Å². The number of carbonyl (C=O) groups excluding carboxylic acids is 3. The molecule has 1 heterocycles. The Labute approximate surface area is 139 Å². The summed E-state index contributed by atoms with van der Waals surface area (Å²) in [5.41, 5.74) is 0.911. The van der Waals surface area contributed by atoms with Crippen LogP contribution in [0.25, 0.3) is 0 Å². The molecule has 0 saturated heterocycles. The number of nitrogens with one attached hydrogen (secondary N) is 1. The van der Waals surface area contributed by atoms with Gasteiger partial charge in [0.15, 0.2) is 6.61 Å². The van der Waals surface area contributed by atoms with Gasteiger partial charge in [-0.05, 0) is 39.0 Å².